The number of aliphatic hydroxyl groups is 1. The standard InChI is InChI=1S/C18H20N2O2S/c1-15-18(17-10-6-3-7-11-17)23(20(13-21)19-15)14-22-12-16-8-4-2-5-9-16/h2-11,19,21H,1,12-14H2. The number of ether oxygens (including phenoxy) is 1. The van der Waals surface area contributed by atoms with E-state index in [0.29, 0.717) is 12.5 Å². The number of nitrogens with one attached hydrogen (secondary N) is 1. The lowest BCUT2D eigenvalue weighted by Gasteiger charge is -2.18. The van der Waals surface area contributed by atoms with Gasteiger partial charge in [-0.15, -0.1) is 4.41 Å². The van der Waals surface area contributed by atoms with Crippen molar-refractivity contribution in [2.45, 2.75) is 6.61 Å². The van der Waals surface area contributed by atoms with Crippen LogP contribution in [0.15, 0.2) is 72.9 Å². The summed E-state index contributed by atoms with van der Waals surface area (Å²) >= 11 is 0. The summed E-state index contributed by atoms with van der Waals surface area (Å²) < 4.78 is 7.67. The molecule has 5 heteroatoms. The van der Waals surface area contributed by atoms with Crippen LogP contribution in [0.1, 0.15) is 11.1 Å². The SMILES string of the molecule is C=C1NN(CO)S(COCc2ccccc2)=C1c1ccccc1. The second-order valence-corrected chi connectivity index (χ2v) is 6.94. The van der Waals surface area contributed by atoms with Crippen LogP contribution in [-0.4, -0.2) is 27.1 Å². The molecule has 4 nitrogen and oxygen atoms in total. The van der Waals surface area contributed by atoms with Crippen LogP contribution in [0.3, 0.4) is 0 Å². The maximum absolute atomic E-state index is 9.60. The van der Waals surface area contributed by atoms with Gasteiger partial charge in [0.15, 0.2) is 0 Å². The maximum Gasteiger partial charge on any atom is 0.123 e. The van der Waals surface area contributed by atoms with Crippen LogP contribution in [0.25, 0.3) is 0 Å². The molecular formula is C18H20N2O2S. The van der Waals surface area contributed by atoms with Crippen LogP contribution in [0, 0.1) is 0 Å². The lowest BCUT2D eigenvalue weighted by atomic mass is 10.1. The summed E-state index contributed by atoms with van der Waals surface area (Å²) in [7, 11) is -0.390. The van der Waals surface area contributed by atoms with E-state index >= 15 is 0 Å². The molecule has 0 radical (unpaired) electrons. The number of benzene rings is 2. The number of nitrogens with zero attached hydrogens (tertiary/aromatic N) is 1. The van der Waals surface area contributed by atoms with Crippen molar-refractivity contribution in [2.75, 3.05) is 12.7 Å². The monoisotopic (exact) mass is 328 g/mol. The van der Waals surface area contributed by atoms with E-state index in [9.17, 15) is 5.11 Å². The van der Waals surface area contributed by atoms with E-state index in [2.05, 4.69) is 24.1 Å². The molecule has 2 aromatic rings. The predicted molar refractivity (Wildman–Crippen MR) is 95.4 cm³/mol. The first-order valence-electron chi connectivity index (χ1n) is 7.39. The first-order valence-corrected chi connectivity index (χ1v) is 8.74. The molecule has 0 bridgehead atoms. The molecule has 23 heavy (non-hydrogen) atoms. The van der Waals surface area contributed by atoms with E-state index in [1.54, 1.807) is 4.41 Å². The molecule has 2 aromatic carbocycles. The Labute approximate surface area is 139 Å². The van der Waals surface area contributed by atoms with Crippen LogP contribution in [-0.2, 0) is 11.3 Å². The zero-order chi connectivity index (χ0) is 16.1. The Kier molecular flexibility index (Phi) is 5.25. The molecule has 0 amide bonds. The summed E-state index contributed by atoms with van der Waals surface area (Å²) in [5.74, 6) is 0.506. The van der Waals surface area contributed by atoms with Gasteiger partial charge in [0.2, 0.25) is 0 Å². The van der Waals surface area contributed by atoms with Crippen LogP contribution in [0.4, 0.5) is 0 Å². The Hall–Kier alpha value is -1.92. The minimum absolute atomic E-state index is 0.0901. The third-order valence-corrected chi connectivity index (χ3v) is 5.59. The highest BCUT2D eigenvalue weighted by Crippen LogP contribution is 2.31. The molecule has 0 aromatic heterocycles. The van der Waals surface area contributed by atoms with Crippen molar-refractivity contribution in [1.82, 2.24) is 9.84 Å². The number of rotatable bonds is 6. The molecule has 1 aliphatic heterocycles. The van der Waals surface area contributed by atoms with Crippen LogP contribution in [0.2, 0.25) is 0 Å². The third kappa shape index (κ3) is 3.71. The van der Waals surface area contributed by atoms with Crippen molar-refractivity contribution in [3.8, 4) is 0 Å². The lowest BCUT2D eigenvalue weighted by Crippen LogP contribution is -2.29. The topological polar surface area (TPSA) is 44.7 Å². The van der Waals surface area contributed by atoms with E-state index in [-0.39, 0.29) is 6.73 Å². The van der Waals surface area contributed by atoms with Crippen molar-refractivity contribution in [1.29, 1.82) is 0 Å². The van der Waals surface area contributed by atoms with Crippen molar-refractivity contribution < 1.29 is 9.84 Å². The second-order valence-electron chi connectivity index (χ2n) is 5.12. The highest BCUT2D eigenvalue weighted by molar-refractivity contribution is 8.14. The second kappa shape index (κ2) is 7.57. The van der Waals surface area contributed by atoms with E-state index in [1.807, 2.05) is 48.5 Å². The molecule has 0 aliphatic carbocycles. The van der Waals surface area contributed by atoms with Crippen molar-refractivity contribution in [3.63, 3.8) is 0 Å². The van der Waals surface area contributed by atoms with E-state index in [4.69, 9.17) is 4.74 Å². The zero-order valence-corrected chi connectivity index (χ0v) is 13.6. The predicted octanol–water partition coefficient (Wildman–Crippen LogP) is 2.85. The number of hydrogen-bond acceptors (Lipinski definition) is 4. The summed E-state index contributed by atoms with van der Waals surface area (Å²) in [4.78, 5) is 1.09. The van der Waals surface area contributed by atoms with Gasteiger partial charge in [-0.25, -0.2) is 0 Å². The minimum Gasteiger partial charge on any atom is -0.378 e. The number of allylic oxidation sites excluding steroid dienone is 1. The molecule has 2 N–H and O–H groups in total. The van der Waals surface area contributed by atoms with Crippen molar-refractivity contribution in [2.24, 2.45) is 0 Å². The molecule has 3 rings (SSSR count). The molecule has 0 saturated carbocycles. The molecule has 120 valence electrons. The van der Waals surface area contributed by atoms with Gasteiger partial charge in [0, 0.05) is 4.86 Å². The molecule has 1 heterocycles. The van der Waals surface area contributed by atoms with E-state index < -0.39 is 10.7 Å². The van der Waals surface area contributed by atoms with Gasteiger partial charge in [0.1, 0.15) is 12.7 Å². The van der Waals surface area contributed by atoms with Gasteiger partial charge in [-0.3, -0.25) is 0 Å². The molecule has 1 unspecified atom stereocenters. The Bertz CT molecular complexity index is 701. The van der Waals surface area contributed by atoms with Gasteiger partial charge in [0.05, 0.1) is 12.3 Å². The van der Waals surface area contributed by atoms with Crippen molar-refractivity contribution >= 4 is 15.5 Å². The van der Waals surface area contributed by atoms with Gasteiger partial charge in [-0.2, -0.15) is 0 Å². The maximum atomic E-state index is 9.60. The normalized spacial score (nSPS) is 18.2. The smallest absolute Gasteiger partial charge is 0.123 e. The first-order chi connectivity index (χ1) is 11.3. The Morgan fingerprint density at radius 2 is 1.70 bits per heavy atom. The Morgan fingerprint density at radius 3 is 2.35 bits per heavy atom. The van der Waals surface area contributed by atoms with Gasteiger partial charge < -0.3 is 15.3 Å². The van der Waals surface area contributed by atoms with E-state index in [1.165, 1.54) is 0 Å². The zero-order valence-electron chi connectivity index (χ0n) is 12.8. The van der Waals surface area contributed by atoms with Crippen LogP contribution in [0.5, 0.6) is 0 Å². The highest BCUT2D eigenvalue weighted by atomic mass is 32.2. The summed E-state index contributed by atoms with van der Waals surface area (Å²) in [6.07, 6.45) is 0. The Morgan fingerprint density at radius 1 is 1.04 bits per heavy atom. The summed E-state index contributed by atoms with van der Waals surface area (Å²) in [6, 6.07) is 20.2. The number of hydrogen-bond donors (Lipinski definition) is 2. The molecule has 1 aliphatic rings. The molecule has 1 atom stereocenters. The van der Waals surface area contributed by atoms with Gasteiger partial charge in [-0.05, 0) is 11.1 Å². The van der Waals surface area contributed by atoms with Gasteiger partial charge in [-0.1, -0.05) is 77.9 Å². The fourth-order valence-electron chi connectivity index (χ4n) is 2.45. The van der Waals surface area contributed by atoms with Crippen LogP contribution >= 0.6 is 10.7 Å². The van der Waals surface area contributed by atoms with Crippen molar-refractivity contribution in [3.05, 3.63) is 84.1 Å². The summed E-state index contributed by atoms with van der Waals surface area (Å²) in [5, 5.41) is 9.60. The quantitative estimate of drug-likeness (QED) is 0.632. The molecule has 0 saturated heterocycles. The summed E-state index contributed by atoms with van der Waals surface area (Å²) in [6.45, 7) is 4.54. The third-order valence-electron chi connectivity index (χ3n) is 3.51. The molecular weight excluding hydrogens is 308 g/mol. The largest absolute Gasteiger partial charge is 0.378 e. The number of aliphatic hydroxyl groups excluding tert-OH is 1. The first kappa shape index (κ1) is 16.0. The van der Waals surface area contributed by atoms with Crippen LogP contribution < -0.4 is 5.43 Å². The summed E-state index contributed by atoms with van der Waals surface area (Å²) in [5.41, 5.74) is 6.19. The van der Waals surface area contributed by atoms with Gasteiger partial charge >= 0.3 is 0 Å². The van der Waals surface area contributed by atoms with E-state index in [0.717, 1.165) is 21.7 Å². The average Bonchev–Trinajstić information content (AvgIpc) is 2.92. The molecule has 0 fully saturated rings. The Balaban J connectivity index is 1.79. The highest BCUT2D eigenvalue weighted by Gasteiger charge is 2.25. The minimum atomic E-state index is -0.390. The fraction of sp³-hybridized carbons (Fsp3) is 0.167. The van der Waals surface area contributed by atoms with Gasteiger partial charge in [0.25, 0.3) is 0 Å². The lowest BCUT2D eigenvalue weighted by molar-refractivity contribution is 0.146. The number of hydrazine groups is 1. The molecule has 0 spiro atoms. The fourth-order valence-corrected chi connectivity index (χ4v) is 4.25. The average molecular weight is 328 g/mol.